The molecule has 0 atom stereocenters. The van der Waals surface area contributed by atoms with Gasteiger partial charge in [-0.15, -0.1) is 0 Å². The highest BCUT2D eigenvalue weighted by Crippen LogP contribution is 2.26. The second-order valence-electron chi connectivity index (χ2n) is 3.99. The van der Waals surface area contributed by atoms with Gasteiger partial charge in [-0.2, -0.15) is 0 Å². The van der Waals surface area contributed by atoms with Crippen molar-refractivity contribution >= 4 is 39.0 Å². The molecule has 2 rings (SSSR count). The van der Waals surface area contributed by atoms with E-state index in [1.54, 1.807) is 6.20 Å². The van der Waals surface area contributed by atoms with Crippen LogP contribution in [-0.4, -0.2) is 4.98 Å². The smallest absolute Gasteiger partial charge is 0.149 e. The zero-order chi connectivity index (χ0) is 12.4. The Bertz CT molecular complexity index is 535. The van der Waals surface area contributed by atoms with Gasteiger partial charge in [0.05, 0.1) is 5.02 Å². The fraction of sp³-hybridized carbons (Fsp3) is 0.154. The number of nitrogens with zero attached hydrogens (tertiary/aromatic N) is 1. The van der Waals surface area contributed by atoms with Gasteiger partial charge in [0.1, 0.15) is 5.82 Å². The minimum absolute atomic E-state index is 0.596. The van der Waals surface area contributed by atoms with Crippen molar-refractivity contribution in [1.82, 2.24) is 4.98 Å². The third-order valence-corrected chi connectivity index (χ3v) is 3.01. The van der Waals surface area contributed by atoms with E-state index in [9.17, 15) is 0 Å². The number of aryl methyl sites for hydroxylation is 2. The van der Waals surface area contributed by atoms with E-state index < -0.39 is 0 Å². The van der Waals surface area contributed by atoms with E-state index in [4.69, 9.17) is 11.6 Å². The van der Waals surface area contributed by atoms with Crippen LogP contribution >= 0.6 is 27.5 Å². The summed E-state index contributed by atoms with van der Waals surface area (Å²) in [6.07, 6.45) is 1.72. The first-order valence-corrected chi connectivity index (χ1v) is 6.38. The van der Waals surface area contributed by atoms with Crippen molar-refractivity contribution in [2.24, 2.45) is 0 Å². The van der Waals surface area contributed by atoms with Crippen molar-refractivity contribution in [2.45, 2.75) is 13.8 Å². The Kier molecular flexibility index (Phi) is 3.69. The fourth-order valence-corrected chi connectivity index (χ4v) is 2.37. The number of pyridine rings is 1. The van der Waals surface area contributed by atoms with Crippen molar-refractivity contribution in [3.63, 3.8) is 0 Å². The van der Waals surface area contributed by atoms with E-state index in [0.29, 0.717) is 10.8 Å². The van der Waals surface area contributed by atoms with Crippen LogP contribution in [0.4, 0.5) is 11.5 Å². The number of rotatable bonds is 2. The zero-order valence-corrected chi connectivity index (χ0v) is 11.9. The summed E-state index contributed by atoms with van der Waals surface area (Å²) in [6.45, 7) is 4.13. The van der Waals surface area contributed by atoms with Crippen LogP contribution < -0.4 is 5.32 Å². The fourth-order valence-electron chi connectivity index (χ4n) is 1.69. The second-order valence-corrected chi connectivity index (χ2v) is 5.31. The lowest BCUT2D eigenvalue weighted by Gasteiger charge is -2.09. The summed E-state index contributed by atoms with van der Waals surface area (Å²) < 4.78 is 0.869. The molecule has 0 aliphatic rings. The number of hydrogen-bond acceptors (Lipinski definition) is 2. The molecule has 0 saturated carbocycles. The number of aromatic nitrogens is 1. The van der Waals surface area contributed by atoms with Gasteiger partial charge in [0, 0.05) is 16.4 Å². The standard InChI is InChI=1S/C13H12BrClN2/c1-8-3-9(2)5-11(4-8)17-13-12(15)6-10(14)7-16-13/h3-7H,1-2H3,(H,16,17). The van der Waals surface area contributed by atoms with Gasteiger partial charge >= 0.3 is 0 Å². The maximum absolute atomic E-state index is 6.10. The predicted octanol–water partition coefficient (Wildman–Crippen LogP) is 4.86. The van der Waals surface area contributed by atoms with Crippen molar-refractivity contribution in [3.8, 4) is 0 Å². The van der Waals surface area contributed by atoms with Gasteiger partial charge in [0.15, 0.2) is 0 Å². The van der Waals surface area contributed by atoms with E-state index in [-0.39, 0.29) is 0 Å². The molecule has 88 valence electrons. The van der Waals surface area contributed by atoms with Crippen LogP contribution in [0.15, 0.2) is 34.9 Å². The molecule has 17 heavy (non-hydrogen) atoms. The van der Waals surface area contributed by atoms with Gasteiger partial charge < -0.3 is 5.32 Å². The highest BCUT2D eigenvalue weighted by Gasteiger charge is 2.03. The molecule has 1 heterocycles. The average molecular weight is 312 g/mol. The maximum atomic E-state index is 6.10. The normalized spacial score (nSPS) is 10.4. The van der Waals surface area contributed by atoms with Crippen LogP contribution in [0.1, 0.15) is 11.1 Å². The molecular formula is C13H12BrClN2. The monoisotopic (exact) mass is 310 g/mol. The molecule has 0 spiro atoms. The van der Waals surface area contributed by atoms with Crippen molar-refractivity contribution in [3.05, 3.63) is 51.1 Å². The second kappa shape index (κ2) is 5.07. The van der Waals surface area contributed by atoms with Crippen LogP contribution in [-0.2, 0) is 0 Å². The van der Waals surface area contributed by atoms with E-state index in [2.05, 4.69) is 58.3 Å². The molecule has 0 amide bonds. The molecule has 0 aliphatic heterocycles. The van der Waals surface area contributed by atoms with E-state index in [1.165, 1.54) is 11.1 Å². The van der Waals surface area contributed by atoms with Crippen LogP contribution in [0, 0.1) is 13.8 Å². The van der Waals surface area contributed by atoms with E-state index in [0.717, 1.165) is 10.2 Å². The number of hydrogen-bond donors (Lipinski definition) is 1. The Hall–Kier alpha value is -1.06. The third kappa shape index (κ3) is 3.20. The van der Waals surface area contributed by atoms with E-state index in [1.807, 2.05) is 6.07 Å². The molecule has 0 bridgehead atoms. The van der Waals surface area contributed by atoms with Crippen LogP contribution in [0.5, 0.6) is 0 Å². The lowest BCUT2D eigenvalue weighted by Crippen LogP contribution is -1.95. The van der Waals surface area contributed by atoms with Crippen LogP contribution in [0.2, 0.25) is 5.02 Å². The first-order chi connectivity index (χ1) is 8.04. The number of benzene rings is 1. The van der Waals surface area contributed by atoms with Gasteiger partial charge in [0.2, 0.25) is 0 Å². The van der Waals surface area contributed by atoms with Gasteiger partial charge in [-0.25, -0.2) is 4.98 Å². The topological polar surface area (TPSA) is 24.9 Å². The molecule has 0 aliphatic carbocycles. The Balaban J connectivity index is 2.31. The van der Waals surface area contributed by atoms with Gasteiger partial charge in [-0.3, -0.25) is 0 Å². The number of nitrogens with one attached hydrogen (secondary N) is 1. The quantitative estimate of drug-likeness (QED) is 0.857. The lowest BCUT2D eigenvalue weighted by atomic mass is 10.1. The first-order valence-electron chi connectivity index (χ1n) is 5.21. The Labute approximate surface area is 114 Å². The molecule has 1 aromatic carbocycles. The number of halogens is 2. The van der Waals surface area contributed by atoms with Crippen molar-refractivity contribution in [2.75, 3.05) is 5.32 Å². The zero-order valence-electron chi connectivity index (χ0n) is 9.59. The summed E-state index contributed by atoms with van der Waals surface area (Å²) in [6, 6.07) is 8.07. The summed E-state index contributed by atoms with van der Waals surface area (Å²) in [4.78, 5) is 4.24. The van der Waals surface area contributed by atoms with Crippen molar-refractivity contribution < 1.29 is 0 Å². The van der Waals surface area contributed by atoms with Crippen molar-refractivity contribution in [1.29, 1.82) is 0 Å². The molecule has 4 heteroatoms. The summed E-state index contributed by atoms with van der Waals surface area (Å²) in [5.41, 5.74) is 3.42. The molecule has 0 saturated heterocycles. The van der Waals surface area contributed by atoms with Crippen LogP contribution in [0.25, 0.3) is 0 Å². The molecular weight excluding hydrogens is 300 g/mol. The highest BCUT2D eigenvalue weighted by molar-refractivity contribution is 9.10. The first kappa shape index (κ1) is 12.4. The third-order valence-electron chi connectivity index (χ3n) is 2.29. The molecule has 0 radical (unpaired) electrons. The molecule has 0 fully saturated rings. The SMILES string of the molecule is Cc1cc(C)cc(Nc2ncc(Br)cc2Cl)c1. The van der Waals surface area contributed by atoms with Crippen LogP contribution in [0.3, 0.4) is 0 Å². The highest BCUT2D eigenvalue weighted by atomic mass is 79.9. The maximum Gasteiger partial charge on any atom is 0.149 e. The van der Waals surface area contributed by atoms with Gasteiger partial charge in [0.25, 0.3) is 0 Å². The molecule has 1 N–H and O–H groups in total. The molecule has 1 aromatic heterocycles. The summed E-state index contributed by atoms with van der Waals surface area (Å²) in [7, 11) is 0. The van der Waals surface area contributed by atoms with E-state index >= 15 is 0 Å². The van der Waals surface area contributed by atoms with Gasteiger partial charge in [-0.05, 0) is 59.1 Å². The number of anilines is 2. The largest absolute Gasteiger partial charge is 0.339 e. The molecule has 2 aromatic rings. The minimum Gasteiger partial charge on any atom is -0.339 e. The minimum atomic E-state index is 0.596. The molecule has 2 nitrogen and oxygen atoms in total. The summed E-state index contributed by atoms with van der Waals surface area (Å²) in [5.74, 6) is 0.667. The Morgan fingerprint density at radius 2 is 1.76 bits per heavy atom. The predicted molar refractivity (Wildman–Crippen MR) is 76.1 cm³/mol. The summed E-state index contributed by atoms with van der Waals surface area (Å²) >= 11 is 9.43. The molecule has 0 unspecified atom stereocenters. The Morgan fingerprint density at radius 1 is 1.12 bits per heavy atom. The summed E-state index contributed by atoms with van der Waals surface area (Å²) in [5, 5.41) is 3.81. The lowest BCUT2D eigenvalue weighted by molar-refractivity contribution is 1.28. The average Bonchev–Trinajstić information content (AvgIpc) is 2.21. The Morgan fingerprint density at radius 3 is 2.35 bits per heavy atom. The van der Waals surface area contributed by atoms with Gasteiger partial charge in [-0.1, -0.05) is 17.7 Å².